The molecular formula is C41H49F3N6O7. The topological polar surface area (TPSA) is 154 Å². The van der Waals surface area contributed by atoms with Crippen molar-refractivity contribution in [3.05, 3.63) is 89.9 Å². The summed E-state index contributed by atoms with van der Waals surface area (Å²) in [5.41, 5.74) is -1.52. The number of aliphatic hydroxyl groups is 1. The molecule has 57 heavy (non-hydrogen) atoms. The molecule has 4 atom stereocenters. The molecule has 306 valence electrons. The fourth-order valence-corrected chi connectivity index (χ4v) is 7.12. The van der Waals surface area contributed by atoms with Crippen molar-refractivity contribution in [1.29, 1.82) is 0 Å². The number of carbonyl (C=O) groups is 5. The van der Waals surface area contributed by atoms with Crippen LogP contribution in [-0.4, -0.2) is 110 Å². The number of carbonyl (C=O) groups excluding carboxylic acids is 5. The molecule has 1 aromatic heterocycles. The fraction of sp³-hybridized carbons (Fsp3) is 0.463. The highest BCUT2D eigenvalue weighted by Crippen LogP contribution is 2.43. The normalized spacial score (nSPS) is 18.2. The Morgan fingerprint density at radius 2 is 1.68 bits per heavy atom. The van der Waals surface area contributed by atoms with E-state index in [4.69, 9.17) is 9.72 Å². The van der Waals surface area contributed by atoms with Crippen molar-refractivity contribution in [1.82, 2.24) is 29.6 Å². The van der Waals surface area contributed by atoms with Crippen LogP contribution >= 0.6 is 0 Å². The van der Waals surface area contributed by atoms with Crippen molar-refractivity contribution in [3.63, 3.8) is 0 Å². The molecule has 1 fully saturated rings. The van der Waals surface area contributed by atoms with Crippen molar-refractivity contribution in [3.8, 4) is 11.3 Å². The number of nitrogens with one attached hydrogen (secondary N) is 1. The lowest BCUT2D eigenvalue weighted by atomic mass is 9.78. The van der Waals surface area contributed by atoms with Crippen LogP contribution in [0.1, 0.15) is 65.4 Å². The number of hydrogen-bond acceptors (Lipinski definition) is 8. The number of aromatic nitrogens is 2. The van der Waals surface area contributed by atoms with E-state index in [1.165, 1.54) is 22.9 Å². The molecule has 0 radical (unpaired) electrons. The zero-order valence-corrected chi connectivity index (χ0v) is 32.9. The maximum atomic E-state index is 16.0. The summed E-state index contributed by atoms with van der Waals surface area (Å²) in [6.45, 7) is 8.83. The van der Waals surface area contributed by atoms with Crippen molar-refractivity contribution in [2.24, 2.45) is 11.3 Å². The van der Waals surface area contributed by atoms with E-state index in [2.05, 4.69) is 5.32 Å². The fourth-order valence-electron chi connectivity index (χ4n) is 7.12. The predicted molar refractivity (Wildman–Crippen MR) is 203 cm³/mol. The maximum Gasteiger partial charge on any atom is 0.410 e. The van der Waals surface area contributed by atoms with Crippen LogP contribution < -0.4 is 5.32 Å². The van der Waals surface area contributed by atoms with Gasteiger partial charge in [-0.1, -0.05) is 44.2 Å². The summed E-state index contributed by atoms with van der Waals surface area (Å²) in [7, 11) is 0. The molecule has 2 aromatic carbocycles. The zero-order chi connectivity index (χ0) is 41.8. The Labute approximate surface area is 329 Å². The molecule has 0 spiro atoms. The van der Waals surface area contributed by atoms with E-state index in [0.717, 1.165) is 40.8 Å². The van der Waals surface area contributed by atoms with E-state index in [1.54, 1.807) is 39.2 Å². The first-order valence-electron chi connectivity index (χ1n) is 18.7. The molecule has 2 aliphatic heterocycles. The van der Waals surface area contributed by atoms with Gasteiger partial charge < -0.3 is 29.5 Å². The number of hydrogen-bond donors (Lipinski definition) is 2. The van der Waals surface area contributed by atoms with Gasteiger partial charge in [-0.3, -0.25) is 24.1 Å². The first-order chi connectivity index (χ1) is 26.7. The third-order valence-electron chi connectivity index (χ3n) is 9.76. The highest BCUT2D eigenvalue weighted by atomic mass is 19.1. The van der Waals surface area contributed by atoms with Gasteiger partial charge >= 0.3 is 6.09 Å². The third-order valence-corrected chi connectivity index (χ3v) is 9.76. The molecule has 0 saturated carbocycles. The molecule has 0 aliphatic carbocycles. The minimum absolute atomic E-state index is 0.0153. The number of imidazole rings is 1. The molecule has 3 heterocycles. The summed E-state index contributed by atoms with van der Waals surface area (Å²) in [5.74, 6) is -4.71. The number of halogens is 3. The Hall–Kier alpha value is -5.51. The van der Waals surface area contributed by atoms with E-state index >= 15 is 8.78 Å². The van der Waals surface area contributed by atoms with Gasteiger partial charge in [-0.05, 0) is 51.5 Å². The Morgan fingerprint density at radius 1 is 1.02 bits per heavy atom. The minimum atomic E-state index is -1.61. The Kier molecular flexibility index (Phi) is 13.0. The lowest BCUT2D eigenvalue weighted by molar-refractivity contribution is -0.147. The second kappa shape index (κ2) is 17.3. The molecule has 13 nitrogen and oxygen atoms in total. The van der Waals surface area contributed by atoms with E-state index < -0.39 is 76.6 Å². The molecule has 2 unspecified atom stereocenters. The quantitative estimate of drug-likeness (QED) is 0.221. The van der Waals surface area contributed by atoms with Gasteiger partial charge in [-0.25, -0.2) is 22.9 Å². The third kappa shape index (κ3) is 10.5. The largest absolute Gasteiger partial charge is 0.444 e. The van der Waals surface area contributed by atoms with E-state index in [-0.39, 0.29) is 62.8 Å². The lowest BCUT2D eigenvalue weighted by Crippen LogP contribution is -2.50. The first kappa shape index (κ1) is 42.6. The number of likely N-dealkylation sites (tertiary alicyclic amines) is 1. The predicted octanol–water partition coefficient (Wildman–Crippen LogP) is 4.79. The molecule has 5 amide bonds. The second-order valence-corrected chi connectivity index (χ2v) is 16.1. The van der Waals surface area contributed by atoms with Gasteiger partial charge in [0.25, 0.3) is 17.7 Å². The number of alkyl halides is 1. The average molecular weight is 795 g/mol. The van der Waals surface area contributed by atoms with Crippen molar-refractivity contribution >= 4 is 29.7 Å². The summed E-state index contributed by atoms with van der Waals surface area (Å²) in [6, 6.07) is 10.8. The first-order valence-corrected chi connectivity index (χ1v) is 18.7. The van der Waals surface area contributed by atoms with Crippen molar-refractivity contribution in [2.75, 3.05) is 32.7 Å². The van der Waals surface area contributed by atoms with Crippen LogP contribution in [0.2, 0.25) is 0 Å². The van der Waals surface area contributed by atoms with Crippen LogP contribution in [0.15, 0.2) is 66.9 Å². The van der Waals surface area contributed by atoms with Gasteiger partial charge in [0, 0.05) is 74.4 Å². The van der Waals surface area contributed by atoms with E-state index in [9.17, 15) is 33.5 Å². The molecule has 5 rings (SSSR count). The van der Waals surface area contributed by atoms with Crippen molar-refractivity contribution in [2.45, 2.75) is 78.4 Å². The minimum Gasteiger partial charge on any atom is -0.444 e. The maximum absolute atomic E-state index is 16.0. The highest BCUT2D eigenvalue weighted by molar-refractivity contribution is 6.12. The van der Waals surface area contributed by atoms with Gasteiger partial charge in [-0.2, -0.15) is 0 Å². The Balaban J connectivity index is 1.59. The monoisotopic (exact) mass is 794 g/mol. The number of amides is 5. The van der Waals surface area contributed by atoms with Crippen LogP contribution in [0.4, 0.5) is 18.0 Å². The smallest absolute Gasteiger partial charge is 0.410 e. The zero-order valence-electron chi connectivity index (χ0n) is 32.9. The van der Waals surface area contributed by atoms with Gasteiger partial charge in [0.05, 0.1) is 18.3 Å². The van der Waals surface area contributed by atoms with Crippen LogP contribution in [0.25, 0.3) is 11.3 Å². The van der Waals surface area contributed by atoms with Gasteiger partial charge in [0.15, 0.2) is 0 Å². The lowest BCUT2D eigenvalue weighted by Gasteiger charge is -2.43. The molecule has 3 aromatic rings. The number of benzene rings is 2. The Morgan fingerprint density at radius 3 is 2.32 bits per heavy atom. The van der Waals surface area contributed by atoms with Crippen LogP contribution in [-0.2, 0) is 30.5 Å². The van der Waals surface area contributed by atoms with Gasteiger partial charge in [0.1, 0.15) is 35.3 Å². The van der Waals surface area contributed by atoms with Crippen LogP contribution in [0, 0.1) is 23.0 Å². The van der Waals surface area contributed by atoms with E-state index in [1.807, 2.05) is 30.3 Å². The molecule has 0 bridgehead atoms. The average Bonchev–Trinajstić information content (AvgIpc) is 3.80. The number of rotatable bonds is 14. The number of nitrogens with zero attached hydrogens (tertiary/aromatic N) is 5. The molecule has 1 saturated heterocycles. The summed E-state index contributed by atoms with van der Waals surface area (Å²) in [5, 5.41) is 13.5. The standard InChI is InChI=1S/C41H49F3N6O7/c1-25(51)38(55)50(22-27-21-48(23-31(27)44)39(56)57-40(2,3)4)36(41(5,6)19-33(52)45-16-17-49-34(53)14-15-35(49)54)37-46-32(29-18-28(42)12-13-30(29)43)24-47(37)20-26-10-8-7-9-11-26/h7-15,18,24-25,27,31,36,51H,16-17,19-23H2,1-6H3,(H,45,52)/t25-,27?,31?,36-/m0/s1. The Bertz CT molecular complexity index is 1990. The summed E-state index contributed by atoms with van der Waals surface area (Å²) >= 11 is 0. The highest BCUT2D eigenvalue weighted by Gasteiger charge is 2.46. The van der Waals surface area contributed by atoms with Crippen molar-refractivity contribution < 1.29 is 47.0 Å². The van der Waals surface area contributed by atoms with Gasteiger partial charge in [-0.15, -0.1) is 0 Å². The SMILES string of the molecule is C[C@H](O)C(=O)N(CC1CN(C(=O)OC(C)(C)C)CC1F)[C@@H](c1nc(-c2cc(F)ccc2F)cn1Cc1ccccc1)C(C)(C)CC(=O)NCCN1C(=O)C=CC1=O. The summed E-state index contributed by atoms with van der Waals surface area (Å²) < 4.78 is 52.9. The summed E-state index contributed by atoms with van der Waals surface area (Å²) in [4.78, 5) is 73.2. The molecule has 2 N–H and O–H groups in total. The number of imide groups is 1. The second-order valence-electron chi connectivity index (χ2n) is 16.1. The summed E-state index contributed by atoms with van der Waals surface area (Å²) in [6.07, 6.45) is -0.483. The molecule has 2 aliphatic rings. The molecule has 16 heteroatoms. The number of aliphatic hydroxyl groups excluding tert-OH is 1. The molecular weight excluding hydrogens is 745 g/mol. The van der Waals surface area contributed by atoms with Gasteiger partial charge in [0.2, 0.25) is 5.91 Å². The van der Waals surface area contributed by atoms with E-state index in [0.29, 0.717) is 0 Å². The van der Waals surface area contributed by atoms with Crippen LogP contribution in [0.3, 0.4) is 0 Å². The van der Waals surface area contributed by atoms with Crippen LogP contribution in [0.5, 0.6) is 0 Å². The number of ether oxygens (including phenoxy) is 1.